The first-order chi connectivity index (χ1) is 17.4. The zero-order valence-corrected chi connectivity index (χ0v) is 21.5. The van der Waals surface area contributed by atoms with Crippen molar-refractivity contribution in [2.24, 2.45) is 0 Å². The number of carboxylic acids is 1. The van der Waals surface area contributed by atoms with Gasteiger partial charge in [-0.3, -0.25) is 9.59 Å². The number of nitrogens with zero attached hydrogens (tertiary/aromatic N) is 2. The van der Waals surface area contributed by atoms with Crippen LogP contribution in [0.2, 0.25) is 5.02 Å². The lowest BCUT2D eigenvalue weighted by Gasteiger charge is -2.34. The fourth-order valence-electron chi connectivity index (χ4n) is 5.84. The molecule has 2 aromatic carbocycles. The van der Waals surface area contributed by atoms with E-state index in [0.717, 1.165) is 61.7 Å². The number of likely N-dealkylation sites (N-methyl/N-ethyl adjacent to an activating group) is 1. The van der Waals surface area contributed by atoms with Gasteiger partial charge in [0.1, 0.15) is 5.75 Å². The van der Waals surface area contributed by atoms with Gasteiger partial charge in [0, 0.05) is 43.5 Å². The molecule has 1 spiro atoms. The van der Waals surface area contributed by atoms with Crippen LogP contribution >= 0.6 is 11.6 Å². The fraction of sp³-hybridized carbons (Fsp3) is 0.448. The number of aliphatic carboxylic acids is 1. The maximum atomic E-state index is 12.8. The lowest BCUT2D eigenvalue weighted by Crippen LogP contribution is -2.42. The summed E-state index contributed by atoms with van der Waals surface area (Å²) in [7, 11) is 1.72. The van der Waals surface area contributed by atoms with Crippen LogP contribution in [0.15, 0.2) is 48.6 Å². The Labute approximate surface area is 217 Å². The van der Waals surface area contributed by atoms with Gasteiger partial charge < -0.3 is 19.6 Å². The number of rotatable bonds is 1. The van der Waals surface area contributed by atoms with E-state index in [9.17, 15) is 14.7 Å². The molecule has 1 N–H and O–H groups in total. The summed E-state index contributed by atoms with van der Waals surface area (Å²) in [5.41, 5.74) is 4.00. The third-order valence-corrected chi connectivity index (χ3v) is 8.17. The minimum atomic E-state index is -0.990. The second-order valence-electron chi connectivity index (χ2n) is 10.4. The first kappa shape index (κ1) is 24.7. The summed E-state index contributed by atoms with van der Waals surface area (Å²) in [4.78, 5) is 29.0. The van der Waals surface area contributed by atoms with Gasteiger partial charge >= 0.3 is 5.97 Å². The van der Waals surface area contributed by atoms with Crippen LogP contribution in [0.3, 0.4) is 0 Å². The first-order valence-corrected chi connectivity index (χ1v) is 13.2. The first-order valence-electron chi connectivity index (χ1n) is 12.8. The van der Waals surface area contributed by atoms with Crippen molar-refractivity contribution in [3.05, 3.63) is 70.3 Å². The lowest BCUT2D eigenvalue weighted by molar-refractivity contribution is -0.142. The molecule has 0 aromatic heterocycles. The number of fused-ring (bicyclic) bond motifs is 3. The zero-order chi connectivity index (χ0) is 25.3. The Bertz CT molecular complexity index is 1200. The van der Waals surface area contributed by atoms with Gasteiger partial charge in [-0.05, 0) is 73.1 Å². The molecule has 0 radical (unpaired) electrons. The molecule has 6 nitrogen and oxygen atoms in total. The van der Waals surface area contributed by atoms with Crippen molar-refractivity contribution >= 4 is 29.2 Å². The molecule has 0 saturated carbocycles. The molecule has 190 valence electrons. The van der Waals surface area contributed by atoms with Gasteiger partial charge in [-0.1, -0.05) is 35.9 Å². The molecule has 2 aromatic rings. The highest BCUT2D eigenvalue weighted by Crippen LogP contribution is 2.46. The number of carbonyl (C=O) groups is 2. The summed E-state index contributed by atoms with van der Waals surface area (Å²) in [6, 6.07) is 11.8. The van der Waals surface area contributed by atoms with Gasteiger partial charge in [0.05, 0.1) is 18.2 Å². The summed E-state index contributed by atoms with van der Waals surface area (Å²) in [5, 5.41) is 10.8. The number of allylic oxidation sites excluding steroid dienone is 1. The molecular formula is C29H33ClN2O4. The van der Waals surface area contributed by atoms with Gasteiger partial charge in [0.15, 0.2) is 0 Å². The predicted octanol–water partition coefficient (Wildman–Crippen LogP) is 5.18. The summed E-state index contributed by atoms with van der Waals surface area (Å²) < 4.78 is 6.45. The molecule has 2 aliphatic heterocycles. The van der Waals surface area contributed by atoms with E-state index in [2.05, 4.69) is 23.1 Å². The van der Waals surface area contributed by atoms with E-state index in [0.29, 0.717) is 18.7 Å². The quantitative estimate of drug-likeness (QED) is 0.537. The van der Waals surface area contributed by atoms with Gasteiger partial charge in [-0.2, -0.15) is 0 Å². The van der Waals surface area contributed by atoms with Crippen molar-refractivity contribution in [3.8, 4) is 5.75 Å². The zero-order valence-electron chi connectivity index (χ0n) is 20.7. The molecular weight excluding hydrogens is 476 g/mol. The third kappa shape index (κ3) is 4.83. The number of carboxylic acid groups (broad SMARTS) is 1. The lowest BCUT2D eigenvalue weighted by atomic mass is 9.82. The van der Waals surface area contributed by atoms with Crippen molar-refractivity contribution in [1.82, 2.24) is 4.90 Å². The minimum Gasteiger partial charge on any atom is -0.490 e. The Hall–Kier alpha value is -2.99. The number of benzene rings is 2. The van der Waals surface area contributed by atoms with Gasteiger partial charge in [0.25, 0.3) is 0 Å². The average molecular weight is 509 g/mol. The maximum absolute atomic E-state index is 12.8. The number of hydrogen-bond acceptors (Lipinski definition) is 4. The van der Waals surface area contributed by atoms with Crippen LogP contribution < -0.4 is 9.64 Å². The van der Waals surface area contributed by atoms with Gasteiger partial charge in [-0.15, -0.1) is 0 Å². The van der Waals surface area contributed by atoms with E-state index < -0.39 is 11.9 Å². The molecule has 7 heteroatoms. The fourth-order valence-corrected chi connectivity index (χ4v) is 6.03. The molecule has 2 unspecified atom stereocenters. The highest BCUT2D eigenvalue weighted by Gasteiger charge is 2.43. The van der Waals surface area contributed by atoms with Crippen molar-refractivity contribution in [1.29, 1.82) is 0 Å². The van der Waals surface area contributed by atoms with Crippen molar-refractivity contribution in [2.75, 3.05) is 38.2 Å². The molecule has 2 heterocycles. The summed E-state index contributed by atoms with van der Waals surface area (Å²) in [5.74, 6) is -1.30. The third-order valence-electron chi connectivity index (χ3n) is 7.93. The Kier molecular flexibility index (Phi) is 6.98. The molecule has 2 atom stereocenters. The Morgan fingerprint density at radius 1 is 1.17 bits per heavy atom. The molecule has 1 aliphatic carbocycles. The second kappa shape index (κ2) is 10.2. The van der Waals surface area contributed by atoms with Gasteiger partial charge in [-0.25, -0.2) is 0 Å². The number of aryl methyl sites for hydroxylation is 1. The van der Waals surface area contributed by atoms with Crippen LogP contribution in [0, 0.1) is 0 Å². The maximum Gasteiger partial charge on any atom is 0.311 e. The van der Waals surface area contributed by atoms with E-state index in [1.807, 2.05) is 24.3 Å². The van der Waals surface area contributed by atoms with Crippen LogP contribution in [0.4, 0.5) is 5.69 Å². The summed E-state index contributed by atoms with van der Waals surface area (Å²) in [6.07, 6.45) is 9.00. The van der Waals surface area contributed by atoms with E-state index >= 15 is 0 Å². The highest BCUT2D eigenvalue weighted by molar-refractivity contribution is 6.30. The van der Waals surface area contributed by atoms with Crippen LogP contribution in [0.25, 0.3) is 0 Å². The number of hydrogen-bond donors (Lipinski definition) is 1. The number of amides is 1. The van der Waals surface area contributed by atoms with Crippen LogP contribution in [0.1, 0.15) is 54.7 Å². The van der Waals surface area contributed by atoms with Crippen LogP contribution in [-0.4, -0.2) is 55.2 Å². The van der Waals surface area contributed by atoms with Crippen LogP contribution in [-0.2, 0) is 21.4 Å². The minimum absolute atomic E-state index is 0.0720. The predicted molar refractivity (Wildman–Crippen MR) is 141 cm³/mol. The van der Waals surface area contributed by atoms with E-state index in [-0.39, 0.29) is 17.7 Å². The average Bonchev–Trinajstić information content (AvgIpc) is 3.11. The molecule has 5 rings (SSSR count). The highest BCUT2D eigenvalue weighted by atomic mass is 35.5. The van der Waals surface area contributed by atoms with E-state index in [1.54, 1.807) is 18.0 Å². The second-order valence-corrected chi connectivity index (χ2v) is 10.8. The molecule has 0 fully saturated rings. The molecule has 3 aliphatic rings. The molecule has 1 amide bonds. The van der Waals surface area contributed by atoms with Crippen LogP contribution in [0.5, 0.6) is 5.75 Å². The standard InChI is InChI=1S/C29H33ClN2O4/c1-31-13-5-3-2-4-6-14-32-18-29(12-11-21-15-22(30)8-9-24(21)29)19-36-26-10-7-20(16-25(26)32)23(28(34)35)17-27(31)33/h3,5,7-10,15-16,23H,2,4,6,11-14,17-19H2,1H3,(H,34,35)/b5-3+. The van der Waals surface area contributed by atoms with Crippen molar-refractivity contribution < 1.29 is 19.4 Å². The number of halogens is 1. The normalized spacial score (nSPS) is 25.4. The summed E-state index contributed by atoms with van der Waals surface area (Å²) in [6.45, 7) is 2.71. The van der Waals surface area contributed by atoms with E-state index in [4.69, 9.17) is 16.3 Å². The smallest absolute Gasteiger partial charge is 0.311 e. The Morgan fingerprint density at radius 3 is 2.86 bits per heavy atom. The Morgan fingerprint density at radius 2 is 2.03 bits per heavy atom. The molecule has 2 bridgehead atoms. The largest absolute Gasteiger partial charge is 0.490 e. The number of anilines is 1. The molecule has 0 saturated heterocycles. The SMILES string of the molecule is CN1C/C=C/CCCCN2CC3(CCc4cc(Cl)ccc43)COc3ccc(cc32)C(C(=O)O)CC1=O. The van der Waals surface area contributed by atoms with Crippen molar-refractivity contribution in [2.45, 2.75) is 49.9 Å². The van der Waals surface area contributed by atoms with Gasteiger partial charge in [0.2, 0.25) is 5.91 Å². The van der Waals surface area contributed by atoms with Crippen molar-refractivity contribution in [3.63, 3.8) is 0 Å². The number of carbonyl (C=O) groups excluding carboxylic acids is 1. The Balaban J connectivity index is 1.54. The number of ether oxygens (including phenoxy) is 1. The monoisotopic (exact) mass is 508 g/mol. The topological polar surface area (TPSA) is 70.1 Å². The van der Waals surface area contributed by atoms with E-state index in [1.165, 1.54) is 11.1 Å². The molecule has 36 heavy (non-hydrogen) atoms. The summed E-state index contributed by atoms with van der Waals surface area (Å²) >= 11 is 6.29.